The highest BCUT2D eigenvalue weighted by Gasteiger charge is 2.24. The van der Waals surface area contributed by atoms with Crippen molar-refractivity contribution in [1.82, 2.24) is 0 Å². The molecule has 0 N–H and O–H groups in total. The summed E-state index contributed by atoms with van der Waals surface area (Å²) in [4.78, 5) is 23.0. The maximum atomic E-state index is 11.6. The molecule has 0 amide bonds. The van der Waals surface area contributed by atoms with Crippen molar-refractivity contribution in [3.8, 4) is 0 Å². The molecule has 1 rings (SSSR count). The van der Waals surface area contributed by atoms with Gasteiger partial charge in [-0.2, -0.15) is 0 Å². The Bertz CT molecular complexity index is 239. The second-order valence-electron chi connectivity index (χ2n) is 5.18. The van der Waals surface area contributed by atoms with Crippen LogP contribution in [0.15, 0.2) is 0 Å². The van der Waals surface area contributed by atoms with Gasteiger partial charge in [0, 0.05) is 12.8 Å². The molecule has 0 radical (unpaired) electrons. The van der Waals surface area contributed by atoms with E-state index in [0.29, 0.717) is 24.7 Å². The molecule has 2 nitrogen and oxygen atoms in total. The lowest BCUT2D eigenvalue weighted by Crippen LogP contribution is -2.22. The number of Topliss-reactive ketones (excluding diaryl/α,β-unsaturated/α-hetero) is 2. The summed E-state index contributed by atoms with van der Waals surface area (Å²) >= 11 is 0. The van der Waals surface area contributed by atoms with E-state index in [1.165, 1.54) is 32.1 Å². The van der Waals surface area contributed by atoms with Gasteiger partial charge in [-0.05, 0) is 18.3 Å². The van der Waals surface area contributed by atoms with Crippen molar-refractivity contribution in [3.05, 3.63) is 0 Å². The zero-order chi connectivity index (χ0) is 12.0. The summed E-state index contributed by atoms with van der Waals surface area (Å²) < 4.78 is 0. The lowest BCUT2D eigenvalue weighted by atomic mass is 9.78. The van der Waals surface area contributed by atoms with Crippen molar-refractivity contribution in [2.75, 3.05) is 0 Å². The molecule has 1 atom stereocenters. The minimum atomic E-state index is -0.162. The number of carbonyl (C=O) groups is 2. The summed E-state index contributed by atoms with van der Waals surface area (Å²) in [5.74, 6) is 0.769. The highest BCUT2D eigenvalue weighted by molar-refractivity contribution is 6.37. The lowest BCUT2D eigenvalue weighted by molar-refractivity contribution is -0.137. The van der Waals surface area contributed by atoms with Crippen LogP contribution in [0.2, 0.25) is 0 Å². The molecular formula is C14H24O2. The van der Waals surface area contributed by atoms with Gasteiger partial charge in [-0.3, -0.25) is 9.59 Å². The van der Waals surface area contributed by atoms with E-state index in [2.05, 4.69) is 6.92 Å². The van der Waals surface area contributed by atoms with Crippen molar-refractivity contribution in [2.45, 2.75) is 65.2 Å². The van der Waals surface area contributed by atoms with Crippen LogP contribution in [0.3, 0.4) is 0 Å². The van der Waals surface area contributed by atoms with Gasteiger partial charge in [0.1, 0.15) is 0 Å². The van der Waals surface area contributed by atoms with Crippen LogP contribution in [0.1, 0.15) is 65.2 Å². The van der Waals surface area contributed by atoms with Gasteiger partial charge >= 0.3 is 0 Å². The molecular weight excluding hydrogens is 200 g/mol. The van der Waals surface area contributed by atoms with Crippen molar-refractivity contribution >= 4 is 11.6 Å². The average molecular weight is 224 g/mol. The molecule has 1 saturated carbocycles. The van der Waals surface area contributed by atoms with E-state index in [9.17, 15) is 9.59 Å². The molecule has 1 aliphatic rings. The largest absolute Gasteiger partial charge is 0.291 e. The van der Waals surface area contributed by atoms with Gasteiger partial charge in [-0.15, -0.1) is 0 Å². The molecule has 0 aromatic rings. The minimum absolute atomic E-state index is 0.139. The van der Waals surface area contributed by atoms with Gasteiger partial charge in [0.15, 0.2) is 11.6 Å². The Hall–Kier alpha value is -0.660. The fraction of sp³-hybridized carbons (Fsp3) is 0.857. The predicted molar refractivity (Wildman–Crippen MR) is 65.3 cm³/mol. The zero-order valence-electron chi connectivity index (χ0n) is 10.6. The average Bonchev–Trinajstić information content (AvgIpc) is 2.30. The molecule has 0 bridgehead atoms. The SMILES string of the molecule is CCCC(=O)C(=O)CC(C)C1CCCCC1. The number of ketones is 2. The van der Waals surface area contributed by atoms with Crippen LogP contribution in [0.4, 0.5) is 0 Å². The Morgan fingerprint density at radius 3 is 2.31 bits per heavy atom. The predicted octanol–water partition coefficient (Wildman–Crippen LogP) is 3.53. The van der Waals surface area contributed by atoms with Crippen LogP contribution < -0.4 is 0 Å². The standard InChI is InChI=1S/C14H24O2/c1-3-7-13(15)14(16)10-11(2)12-8-5-4-6-9-12/h11-12H,3-10H2,1-2H3. The quantitative estimate of drug-likeness (QED) is 0.647. The molecule has 0 aromatic carbocycles. The van der Waals surface area contributed by atoms with Gasteiger partial charge in [0.2, 0.25) is 0 Å². The lowest BCUT2D eigenvalue weighted by Gasteiger charge is -2.27. The Morgan fingerprint density at radius 1 is 1.12 bits per heavy atom. The minimum Gasteiger partial charge on any atom is -0.291 e. The van der Waals surface area contributed by atoms with E-state index in [1.54, 1.807) is 0 Å². The Morgan fingerprint density at radius 2 is 1.75 bits per heavy atom. The van der Waals surface area contributed by atoms with Crippen LogP contribution in [-0.2, 0) is 9.59 Å². The highest BCUT2D eigenvalue weighted by atomic mass is 16.2. The molecule has 0 spiro atoms. The Kier molecular flexibility index (Phi) is 5.72. The van der Waals surface area contributed by atoms with Crippen LogP contribution in [0.25, 0.3) is 0 Å². The van der Waals surface area contributed by atoms with E-state index in [1.807, 2.05) is 6.92 Å². The van der Waals surface area contributed by atoms with Crippen molar-refractivity contribution in [3.63, 3.8) is 0 Å². The molecule has 92 valence electrons. The smallest absolute Gasteiger partial charge is 0.198 e. The first kappa shape index (κ1) is 13.4. The van der Waals surface area contributed by atoms with E-state index in [-0.39, 0.29) is 11.6 Å². The second kappa shape index (κ2) is 6.82. The van der Waals surface area contributed by atoms with Crippen molar-refractivity contribution < 1.29 is 9.59 Å². The molecule has 1 unspecified atom stereocenters. The number of hydrogen-bond acceptors (Lipinski definition) is 2. The summed E-state index contributed by atoms with van der Waals surface area (Å²) in [6.07, 6.45) is 8.11. The highest BCUT2D eigenvalue weighted by Crippen LogP contribution is 2.31. The third-order valence-electron chi connectivity index (χ3n) is 3.75. The topological polar surface area (TPSA) is 34.1 Å². The van der Waals surface area contributed by atoms with Gasteiger partial charge in [-0.25, -0.2) is 0 Å². The van der Waals surface area contributed by atoms with Gasteiger partial charge in [0.25, 0.3) is 0 Å². The van der Waals surface area contributed by atoms with Crippen LogP contribution in [0.5, 0.6) is 0 Å². The first-order valence-electron chi connectivity index (χ1n) is 6.71. The van der Waals surface area contributed by atoms with Crippen LogP contribution in [0, 0.1) is 11.8 Å². The molecule has 16 heavy (non-hydrogen) atoms. The van der Waals surface area contributed by atoms with Gasteiger partial charge < -0.3 is 0 Å². The Labute approximate surface area is 98.8 Å². The summed E-state index contributed by atoms with van der Waals surface area (Å²) in [7, 11) is 0. The first-order chi connectivity index (χ1) is 7.65. The summed E-state index contributed by atoms with van der Waals surface area (Å²) in [5.41, 5.74) is 0. The fourth-order valence-corrected chi connectivity index (χ4v) is 2.64. The van der Waals surface area contributed by atoms with E-state index >= 15 is 0 Å². The van der Waals surface area contributed by atoms with Crippen molar-refractivity contribution in [1.29, 1.82) is 0 Å². The molecule has 2 heteroatoms. The third-order valence-corrected chi connectivity index (χ3v) is 3.75. The Balaban J connectivity index is 2.34. The number of rotatable bonds is 6. The van der Waals surface area contributed by atoms with Crippen molar-refractivity contribution in [2.24, 2.45) is 11.8 Å². The maximum Gasteiger partial charge on any atom is 0.198 e. The molecule has 1 fully saturated rings. The number of hydrogen-bond donors (Lipinski definition) is 0. The van der Waals surface area contributed by atoms with E-state index in [4.69, 9.17) is 0 Å². The van der Waals surface area contributed by atoms with Gasteiger partial charge in [0.05, 0.1) is 0 Å². The third kappa shape index (κ3) is 4.07. The van der Waals surface area contributed by atoms with Gasteiger partial charge in [-0.1, -0.05) is 46.0 Å². The maximum absolute atomic E-state index is 11.6. The molecule has 1 aliphatic carbocycles. The molecule has 0 saturated heterocycles. The molecule has 0 aromatic heterocycles. The molecule has 0 aliphatic heterocycles. The summed E-state index contributed by atoms with van der Waals surface area (Å²) in [5, 5.41) is 0. The molecule has 0 heterocycles. The first-order valence-corrected chi connectivity index (χ1v) is 6.71. The van der Waals surface area contributed by atoms with E-state index < -0.39 is 0 Å². The number of carbonyl (C=O) groups excluding carboxylic acids is 2. The fourth-order valence-electron chi connectivity index (χ4n) is 2.64. The second-order valence-corrected chi connectivity index (χ2v) is 5.18. The zero-order valence-corrected chi connectivity index (χ0v) is 10.6. The van der Waals surface area contributed by atoms with Crippen LogP contribution in [-0.4, -0.2) is 11.6 Å². The summed E-state index contributed by atoms with van der Waals surface area (Å²) in [6.45, 7) is 4.07. The van der Waals surface area contributed by atoms with Crippen LogP contribution >= 0.6 is 0 Å². The normalized spacial score (nSPS) is 19.4. The van der Waals surface area contributed by atoms with E-state index in [0.717, 1.165) is 6.42 Å². The monoisotopic (exact) mass is 224 g/mol. The summed E-state index contributed by atoms with van der Waals surface area (Å²) in [6, 6.07) is 0.